The molecule has 0 bridgehead atoms. The fourth-order valence-corrected chi connectivity index (χ4v) is 3.23. The fourth-order valence-electron chi connectivity index (χ4n) is 3.23. The molecular formula is C21H23N3O3. The van der Waals surface area contributed by atoms with Crippen LogP contribution in [0.5, 0.6) is 0 Å². The quantitative estimate of drug-likeness (QED) is 0.799. The molecule has 1 heterocycles. The molecule has 1 N–H and O–H groups in total. The molecule has 2 aromatic rings. The van der Waals surface area contributed by atoms with E-state index in [4.69, 9.17) is 0 Å². The molecule has 0 radical (unpaired) electrons. The van der Waals surface area contributed by atoms with Crippen LogP contribution in [-0.4, -0.2) is 35.8 Å². The summed E-state index contributed by atoms with van der Waals surface area (Å²) >= 11 is 0. The third-order valence-corrected chi connectivity index (χ3v) is 4.69. The van der Waals surface area contributed by atoms with Crippen LogP contribution in [0.4, 0.5) is 16.2 Å². The van der Waals surface area contributed by atoms with Gasteiger partial charge >= 0.3 is 6.03 Å². The average molecular weight is 365 g/mol. The molecule has 1 fully saturated rings. The lowest BCUT2D eigenvalue weighted by Crippen LogP contribution is -2.39. The van der Waals surface area contributed by atoms with E-state index in [0.717, 1.165) is 34.6 Å². The number of nitrogens with zero attached hydrogens (tertiary/aromatic N) is 2. The summed E-state index contributed by atoms with van der Waals surface area (Å²) in [6, 6.07) is 14.4. The summed E-state index contributed by atoms with van der Waals surface area (Å²) in [4.78, 5) is 39.8. The van der Waals surface area contributed by atoms with Gasteiger partial charge in [-0.1, -0.05) is 50.2 Å². The predicted octanol–water partition coefficient (Wildman–Crippen LogP) is 3.22. The number of imide groups is 1. The number of carbonyl (C=O) groups excluding carboxylic acids is 3. The van der Waals surface area contributed by atoms with Gasteiger partial charge in [0.25, 0.3) is 5.91 Å². The van der Waals surface area contributed by atoms with Crippen LogP contribution in [0.25, 0.3) is 0 Å². The second-order valence-corrected chi connectivity index (χ2v) is 6.39. The minimum absolute atomic E-state index is 0.0537. The van der Waals surface area contributed by atoms with Gasteiger partial charge in [-0.2, -0.15) is 0 Å². The molecule has 1 aliphatic heterocycles. The molecule has 3 rings (SSSR count). The number of urea groups is 1. The van der Waals surface area contributed by atoms with E-state index in [2.05, 4.69) is 5.32 Å². The number of hydrogen-bond donors (Lipinski definition) is 1. The number of aryl methyl sites for hydroxylation is 2. The molecule has 27 heavy (non-hydrogen) atoms. The molecule has 0 aromatic heterocycles. The standard InChI is InChI=1S/C21H23N3O3/c1-3-15-9-8-10-16(4-2)20(15)22-18(25)13-24-19(26)14-23(21(24)27)17-11-6-5-7-12-17/h5-12H,3-4,13-14H2,1-2H3,(H,22,25). The summed E-state index contributed by atoms with van der Waals surface area (Å²) in [5.74, 6) is -0.749. The lowest BCUT2D eigenvalue weighted by Gasteiger charge is -2.18. The Bertz CT molecular complexity index is 842. The summed E-state index contributed by atoms with van der Waals surface area (Å²) in [6.45, 7) is 3.70. The van der Waals surface area contributed by atoms with Crippen LogP contribution in [0.2, 0.25) is 0 Å². The van der Waals surface area contributed by atoms with E-state index in [1.165, 1.54) is 4.90 Å². The van der Waals surface area contributed by atoms with Crippen LogP contribution in [0, 0.1) is 0 Å². The molecule has 0 aliphatic carbocycles. The number of carbonyl (C=O) groups is 3. The molecule has 6 heteroatoms. The first kappa shape index (κ1) is 18.6. The van der Waals surface area contributed by atoms with E-state index in [1.54, 1.807) is 24.3 Å². The number of anilines is 2. The van der Waals surface area contributed by atoms with E-state index in [1.807, 2.05) is 38.1 Å². The Morgan fingerprint density at radius 3 is 2.19 bits per heavy atom. The van der Waals surface area contributed by atoms with Gasteiger partial charge in [0.15, 0.2) is 0 Å². The Morgan fingerprint density at radius 2 is 1.59 bits per heavy atom. The van der Waals surface area contributed by atoms with Crippen LogP contribution in [0.3, 0.4) is 0 Å². The highest BCUT2D eigenvalue weighted by Gasteiger charge is 2.37. The summed E-state index contributed by atoms with van der Waals surface area (Å²) < 4.78 is 0. The lowest BCUT2D eigenvalue weighted by atomic mass is 10.0. The Hall–Kier alpha value is -3.15. The van der Waals surface area contributed by atoms with Gasteiger partial charge in [0, 0.05) is 11.4 Å². The van der Waals surface area contributed by atoms with Crippen LogP contribution >= 0.6 is 0 Å². The maximum absolute atomic E-state index is 12.6. The van der Waals surface area contributed by atoms with E-state index >= 15 is 0 Å². The first-order valence-electron chi connectivity index (χ1n) is 9.12. The molecular weight excluding hydrogens is 342 g/mol. The molecule has 2 aromatic carbocycles. The molecule has 6 nitrogen and oxygen atoms in total. The molecule has 1 aliphatic rings. The minimum atomic E-state index is -0.471. The van der Waals surface area contributed by atoms with Gasteiger partial charge in [-0.25, -0.2) is 4.79 Å². The monoisotopic (exact) mass is 365 g/mol. The minimum Gasteiger partial charge on any atom is -0.324 e. The second-order valence-electron chi connectivity index (χ2n) is 6.39. The van der Waals surface area contributed by atoms with Crippen molar-refractivity contribution in [3.63, 3.8) is 0 Å². The summed E-state index contributed by atoms with van der Waals surface area (Å²) in [6.07, 6.45) is 1.57. The SMILES string of the molecule is CCc1cccc(CC)c1NC(=O)CN1C(=O)CN(c2ccccc2)C1=O. The molecule has 4 amide bonds. The highest BCUT2D eigenvalue weighted by Crippen LogP contribution is 2.24. The molecule has 0 atom stereocenters. The number of benzene rings is 2. The van der Waals surface area contributed by atoms with Crippen molar-refractivity contribution in [2.45, 2.75) is 26.7 Å². The largest absolute Gasteiger partial charge is 0.332 e. The second kappa shape index (κ2) is 8.03. The third-order valence-electron chi connectivity index (χ3n) is 4.69. The number of para-hydroxylation sites is 2. The van der Waals surface area contributed by atoms with Crippen molar-refractivity contribution in [2.24, 2.45) is 0 Å². The maximum atomic E-state index is 12.6. The van der Waals surface area contributed by atoms with Gasteiger partial charge in [-0.05, 0) is 36.1 Å². The van der Waals surface area contributed by atoms with Crippen molar-refractivity contribution in [3.8, 4) is 0 Å². The van der Waals surface area contributed by atoms with Gasteiger partial charge in [0.05, 0.1) is 0 Å². The molecule has 0 spiro atoms. The Balaban J connectivity index is 1.73. The van der Waals surface area contributed by atoms with Crippen molar-refractivity contribution in [3.05, 3.63) is 59.7 Å². The van der Waals surface area contributed by atoms with Gasteiger partial charge in [0.2, 0.25) is 5.91 Å². The van der Waals surface area contributed by atoms with Gasteiger partial charge < -0.3 is 5.32 Å². The van der Waals surface area contributed by atoms with E-state index in [-0.39, 0.29) is 24.9 Å². The van der Waals surface area contributed by atoms with Crippen molar-refractivity contribution < 1.29 is 14.4 Å². The zero-order valence-electron chi connectivity index (χ0n) is 15.6. The molecule has 0 unspecified atom stereocenters. The Kier molecular flexibility index (Phi) is 5.54. The molecule has 0 saturated carbocycles. The van der Waals surface area contributed by atoms with Crippen LogP contribution in [-0.2, 0) is 22.4 Å². The number of hydrogen-bond acceptors (Lipinski definition) is 3. The van der Waals surface area contributed by atoms with Crippen molar-refractivity contribution in [2.75, 3.05) is 23.3 Å². The zero-order valence-corrected chi connectivity index (χ0v) is 15.6. The van der Waals surface area contributed by atoms with Crippen LogP contribution in [0.1, 0.15) is 25.0 Å². The first-order valence-corrected chi connectivity index (χ1v) is 9.12. The van der Waals surface area contributed by atoms with Crippen molar-refractivity contribution in [1.29, 1.82) is 0 Å². The number of rotatable bonds is 6. The average Bonchev–Trinajstić information content (AvgIpc) is 2.97. The van der Waals surface area contributed by atoms with Gasteiger partial charge in [0.1, 0.15) is 13.1 Å². The highest BCUT2D eigenvalue weighted by atomic mass is 16.2. The lowest BCUT2D eigenvalue weighted by molar-refractivity contribution is -0.128. The van der Waals surface area contributed by atoms with Gasteiger partial charge in [-0.3, -0.25) is 19.4 Å². The topological polar surface area (TPSA) is 69.7 Å². The van der Waals surface area contributed by atoms with Crippen LogP contribution < -0.4 is 10.2 Å². The van der Waals surface area contributed by atoms with Crippen molar-refractivity contribution in [1.82, 2.24) is 4.90 Å². The zero-order chi connectivity index (χ0) is 19.4. The Labute approximate surface area is 158 Å². The summed E-state index contributed by atoms with van der Waals surface area (Å²) in [5, 5.41) is 2.90. The van der Waals surface area contributed by atoms with E-state index in [9.17, 15) is 14.4 Å². The first-order chi connectivity index (χ1) is 13.0. The van der Waals surface area contributed by atoms with Gasteiger partial charge in [-0.15, -0.1) is 0 Å². The predicted molar refractivity (Wildman–Crippen MR) is 105 cm³/mol. The Morgan fingerprint density at radius 1 is 0.963 bits per heavy atom. The summed E-state index contributed by atoms with van der Waals surface area (Å²) in [7, 11) is 0. The number of nitrogens with one attached hydrogen (secondary N) is 1. The summed E-state index contributed by atoms with van der Waals surface area (Å²) in [5.41, 5.74) is 3.50. The van der Waals surface area contributed by atoms with E-state index in [0.29, 0.717) is 5.69 Å². The highest BCUT2D eigenvalue weighted by molar-refractivity contribution is 6.14. The normalized spacial score (nSPS) is 14.0. The third kappa shape index (κ3) is 3.84. The van der Waals surface area contributed by atoms with Crippen LogP contribution in [0.15, 0.2) is 48.5 Å². The van der Waals surface area contributed by atoms with E-state index < -0.39 is 6.03 Å². The number of amides is 4. The van der Waals surface area contributed by atoms with Crippen molar-refractivity contribution >= 4 is 29.2 Å². The smallest absolute Gasteiger partial charge is 0.324 e. The molecule has 1 saturated heterocycles. The maximum Gasteiger partial charge on any atom is 0.332 e. The fraction of sp³-hybridized carbons (Fsp3) is 0.286. The molecule has 140 valence electrons.